The molecule has 1 saturated heterocycles. The number of carbonyl (C=O) groups excluding carboxylic acids is 2. The fourth-order valence-corrected chi connectivity index (χ4v) is 3.08. The van der Waals surface area contributed by atoms with Crippen LogP contribution in [0.2, 0.25) is 0 Å². The van der Waals surface area contributed by atoms with Gasteiger partial charge in [-0.3, -0.25) is 9.59 Å². The summed E-state index contributed by atoms with van der Waals surface area (Å²) in [6.07, 6.45) is 1.56. The minimum atomic E-state index is -0.367. The van der Waals surface area contributed by atoms with Crippen LogP contribution in [0.25, 0.3) is 0 Å². The Hall–Kier alpha value is -2.69. The Balaban J connectivity index is 1.57. The van der Waals surface area contributed by atoms with Gasteiger partial charge in [0.15, 0.2) is 0 Å². The maximum atomic E-state index is 13.0. The quantitative estimate of drug-likeness (QED) is 0.930. The molecular formula is C20H21FN2O2. The summed E-state index contributed by atoms with van der Waals surface area (Å²) in [5.74, 6) is -0.753. The molecule has 0 saturated carbocycles. The molecule has 1 fully saturated rings. The molecule has 1 atom stereocenters. The third kappa shape index (κ3) is 4.44. The van der Waals surface area contributed by atoms with Gasteiger partial charge in [-0.25, -0.2) is 4.39 Å². The van der Waals surface area contributed by atoms with Crippen molar-refractivity contribution in [3.63, 3.8) is 0 Å². The largest absolute Gasteiger partial charge is 0.352 e. The molecular weight excluding hydrogens is 319 g/mol. The summed E-state index contributed by atoms with van der Waals surface area (Å²) in [5.41, 5.74) is 1.50. The SMILES string of the molecule is O=C(NCc1ccccc1)[C@@H]1CCCN(C(=O)c2ccc(F)cc2)C1. The molecule has 25 heavy (non-hydrogen) atoms. The number of nitrogens with zero attached hydrogens (tertiary/aromatic N) is 1. The Kier molecular flexibility index (Phi) is 5.43. The van der Waals surface area contributed by atoms with Crippen molar-refractivity contribution in [2.45, 2.75) is 19.4 Å². The minimum Gasteiger partial charge on any atom is -0.352 e. The van der Waals surface area contributed by atoms with Crippen molar-refractivity contribution >= 4 is 11.8 Å². The van der Waals surface area contributed by atoms with Crippen LogP contribution < -0.4 is 5.32 Å². The topological polar surface area (TPSA) is 49.4 Å². The van der Waals surface area contributed by atoms with Crippen molar-refractivity contribution in [1.29, 1.82) is 0 Å². The number of hydrogen-bond donors (Lipinski definition) is 1. The summed E-state index contributed by atoms with van der Waals surface area (Å²) >= 11 is 0. The summed E-state index contributed by atoms with van der Waals surface area (Å²) in [5, 5.41) is 2.95. The third-order valence-corrected chi connectivity index (χ3v) is 4.48. The van der Waals surface area contributed by atoms with E-state index in [9.17, 15) is 14.0 Å². The lowest BCUT2D eigenvalue weighted by Gasteiger charge is -2.32. The summed E-state index contributed by atoms with van der Waals surface area (Å²) in [4.78, 5) is 26.6. The molecule has 1 aliphatic heterocycles. The van der Waals surface area contributed by atoms with Crippen LogP contribution in [0.1, 0.15) is 28.8 Å². The molecule has 0 spiro atoms. The first-order chi connectivity index (χ1) is 12.1. The van der Waals surface area contributed by atoms with E-state index in [1.54, 1.807) is 4.90 Å². The Morgan fingerprint density at radius 3 is 2.52 bits per heavy atom. The molecule has 0 bridgehead atoms. The second-order valence-corrected chi connectivity index (χ2v) is 6.30. The molecule has 4 nitrogen and oxygen atoms in total. The summed E-state index contributed by atoms with van der Waals surface area (Å²) < 4.78 is 13.0. The smallest absolute Gasteiger partial charge is 0.253 e. The molecule has 0 aliphatic carbocycles. The number of halogens is 1. The molecule has 2 amide bonds. The second kappa shape index (κ2) is 7.92. The highest BCUT2D eigenvalue weighted by molar-refractivity contribution is 5.94. The average molecular weight is 340 g/mol. The number of carbonyl (C=O) groups is 2. The molecule has 0 unspecified atom stereocenters. The number of benzene rings is 2. The predicted octanol–water partition coefficient (Wildman–Crippen LogP) is 2.99. The van der Waals surface area contributed by atoms with Crippen molar-refractivity contribution in [3.05, 3.63) is 71.5 Å². The molecule has 1 N–H and O–H groups in total. The highest BCUT2D eigenvalue weighted by Crippen LogP contribution is 2.19. The van der Waals surface area contributed by atoms with Crippen LogP contribution in [0.3, 0.4) is 0 Å². The molecule has 3 rings (SSSR count). The zero-order valence-electron chi connectivity index (χ0n) is 14.0. The van der Waals surface area contributed by atoms with Gasteiger partial charge >= 0.3 is 0 Å². The van der Waals surface area contributed by atoms with Gasteiger partial charge in [0.25, 0.3) is 5.91 Å². The maximum absolute atomic E-state index is 13.0. The van der Waals surface area contributed by atoms with Crippen molar-refractivity contribution in [3.8, 4) is 0 Å². The van der Waals surface area contributed by atoms with Gasteiger partial charge in [0.1, 0.15) is 5.82 Å². The number of nitrogens with one attached hydrogen (secondary N) is 1. The average Bonchev–Trinajstić information content (AvgIpc) is 2.67. The van der Waals surface area contributed by atoms with Crippen LogP contribution in [-0.4, -0.2) is 29.8 Å². The van der Waals surface area contributed by atoms with Gasteiger partial charge in [-0.2, -0.15) is 0 Å². The molecule has 1 aliphatic rings. The van der Waals surface area contributed by atoms with E-state index >= 15 is 0 Å². The molecule has 5 heteroatoms. The minimum absolute atomic E-state index is 0.0274. The second-order valence-electron chi connectivity index (χ2n) is 6.30. The molecule has 1 heterocycles. The highest BCUT2D eigenvalue weighted by atomic mass is 19.1. The lowest BCUT2D eigenvalue weighted by molar-refractivity contribution is -0.126. The fraction of sp³-hybridized carbons (Fsp3) is 0.300. The Labute approximate surface area is 146 Å². The Bertz CT molecular complexity index is 731. The molecule has 130 valence electrons. The van der Waals surface area contributed by atoms with Crippen molar-refractivity contribution in [2.24, 2.45) is 5.92 Å². The van der Waals surface area contributed by atoms with Crippen LogP contribution in [0.4, 0.5) is 4.39 Å². The van der Waals surface area contributed by atoms with E-state index in [2.05, 4.69) is 5.32 Å². The van der Waals surface area contributed by atoms with E-state index in [1.165, 1.54) is 24.3 Å². The molecule has 0 radical (unpaired) electrons. The van der Waals surface area contributed by atoms with E-state index in [0.29, 0.717) is 25.2 Å². The van der Waals surface area contributed by atoms with Crippen molar-refractivity contribution in [2.75, 3.05) is 13.1 Å². The summed E-state index contributed by atoms with van der Waals surface area (Å²) in [6, 6.07) is 15.3. The standard InChI is InChI=1S/C20H21FN2O2/c21-18-10-8-16(9-11-18)20(25)23-12-4-7-17(14-23)19(24)22-13-15-5-2-1-3-6-15/h1-3,5-6,8-11,17H,4,7,12-14H2,(H,22,24)/t17-/m1/s1. The van der Waals surface area contributed by atoms with E-state index in [-0.39, 0.29) is 23.5 Å². The first kappa shape index (κ1) is 17.1. The predicted molar refractivity (Wildman–Crippen MR) is 93.3 cm³/mol. The molecule has 2 aromatic rings. The number of likely N-dealkylation sites (tertiary alicyclic amines) is 1. The van der Waals surface area contributed by atoms with Crippen LogP contribution in [0, 0.1) is 11.7 Å². The van der Waals surface area contributed by atoms with Gasteiger partial charge in [-0.1, -0.05) is 30.3 Å². The lowest BCUT2D eigenvalue weighted by atomic mass is 9.96. The fourth-order valence-electron chi connectivity index (χ4n) is 3.08. The van der Waals surface area contributed by atoms with Gasteiger partial charge < -0.3 is 10.2 Å². The normalized spacial score (nSPS) is 17.2. The van der Waals surface area contributed by atoms with Crippen LogP contribution in [-0.2, 0) is 11.3 Å². The van der Waals surface area contributed by atoms with E-state index in [4.69, 9.17) is 0 Å². The maximum Gasteiger partial charge on any atom is 0.253 e. The molecule has 0 aromatic heterocycles. The van der Waals surface area contributed by atoms with Crippen molar-refractivity contribution in [1.82, 2.24) is 10.2 Å². The Morgan fingerprint density at radius 1 is 1.08 bits per heavy atom. The third-order valence-electron chi connectivity index (χ3n) is 4.48. The van der Waals surface area contributed by atoms with E-state index in [1.807, 2.05) is 30.3 Å². The van der Waals surface area contributed by atoms with Gasteiger partial charge in [0.2, 0.25) is 5.91 Å². The molecule has 2 aromatic carbocycles. The van der Waals surface area contributed by atoms with Gasteiger partial charge in [-0.15, -0.1) is 0 Å². The van der Waals surface area contributed by atoms with Crippen LogP contribution in [0.15, 0.2) is 54.6 Å². The van der Waals surface area contributed by atoms with E-state index < -0.39 is 0 Å². The highest BCUT2D eigenvalue weighted by Gasteiger charge is 2.28. The summed E-state index contributed by atoms with van der Waals surface area (Å²) in [7, 11) is 0. The van der Waals surface area contributed by atoms with Crippen LogP contribution in [0.5, 0.6) is 0 Å². The number of amides is 2. The zero-order chi connectivity index (χ0) is 17.6. The number of piperidine rings is 1. The van der Waals surface area contributed by atoms with Gasteiger partial charge in [0, 0.05) is 25.2 Å². The number of hydrogen-bond acceptors (Lipinski definition) is 2. The first-order valence-electron chi connectivity index (χ1n) is 8.50. The zero-order valence-corrected chi connectivity index (χ0v) is 14.0. The van der Waals surface area contributed by atoms with E-state index in [0.717, 1.165) is 18.4 Å². The number of rotatable bonds is 4. The summed E-state index contributed by atoms with van der Waals surface area (Å²) in [6.45, 7) is 1.51. The lowest BCUT2D eigenvalue weighted by Crippen LogP contribution is -2.45. The van der Waals surface area contributed by atoms with Crippen LogP contribution >= 0.6 is 0 Å². The Morgan fingerprint density at radius 2 is 1.80 bits per heavy atom. The first-order valence-corrected chi connectivity index (χ1v) is 8.50. The van der Waals surface area contributed by atoms with Gasteiger partial charge in [0.05, 0.1) is 5.92 Å². The monoisotopic (exact) mass is 340 g/mol. The van der Waals surface area contributed by atoms with Gasteiger partial charge in [-0.05, 0) is 42.7 Å². The van der Waals surface area contributed by atoms with Crippen molar-refractivity contribution < 1.29 is 14.0 Å².